The summed E-state index contributed by atoms with van der Waals surface area (Å²) in [5.74, 6) is -0.775. The van der Waals surface area contributed by atoms with Gasteiger partial charge in [-0.15, -0.1) is 0 Å². The van der Waals surface area contributed by atoms with Crippen LogP contribution in [0.3, 0.4) is 0 Å². The van der Waals surface area contributed by atoms with E-state index in [0.717, 1.165) is 20.3 Å². The van der Waals surface area contributed by atoms with Gasteiger partial charge in [0.2, 0.25) is 0 Å². The summed E-state index contributed by atoms with van der Waals surface area (Å²) >= 11 is 0. The third kappa shape index (κ3) is 5.46. The van der Waals surface area contributed by atoms with Gasteiger partial charge in [0.1, 0.15) is 5.75 Å². The van der Waals surface area contributed by atoms with Crippen molar-refractivity contribution in [1.82, 2.24) is 9.13 Å². The molecule has 0 saturated carbocycles. The minimum absolute atomic E-state index is 0.00330. The SMILES string of the molecule is Cc1cc(C(=O)Nc2ccc(C(=O)Oc3ccc(-c4ccc(C#N)cc4)cc3)cc2)cc(-n2c(=O)c3cc4c(=O)n(C)c(=O)c4cc3c2=O)c1. The standard InChI is InChI=1S/C39H24N4O7/c1-21-15-26(17-28(16-21)43-37(47)32-18-30-31(19-33(32)38(43)48)36(46)42(2)35(30)45)34(44)41-27-11-7-25(8-12-27)39(49)50-29-13-9-24(10-14-29)23-5-3-22(20-40)4-6-23/h3-19H,1-2H3,(H,41,44). The summed E-state index contributed by atoms with van der Waals surface area (Å²) in [6, 6.07) is 29.4. The smallest absolute Gasteiger partial charge is 0.343 e. The summed E-state index contributed by atoms with van der Waals surface area (Å²) in [6.07, 6.45) is 0. The molecule has 0 spiro atoms. The van der Waals surface area contributed by atoms with E-state index in [9.17, 15) is 28.8 Å². The van der Waals surface area contributed by atoms with Crippen LogP contribution >= 0.6 is 0 Å². The Bertz CT molecular complexity index is 2700. The molecular formula is C39H24N4O7. The highest BCUT2D eigenvalue weighted by molar-refractivity contribution is 6.05. The number of aromatic nitrogens is 2. The van der Waals surface area contributed by atoms with E-state index in [1.165, 1.54) is 37.4 Å². The molecule has 242 valence electrons. The number of amides is 1. The minimum Gasteiger partial charge on any atom is -0.423 e. The van der Waals surface area contributed by atoms with Crippen LogP contribution in [0.15, 0.2) is 122 Å². The van der Waals surface area contributed by atoms with Crippen molar-refractivity contribution in [1.29, 1.82) is 5.26 Å². The van der Waals surface area contributed by atoms with Gasteiger partial charge in [0.15, 0.2) is 0 Å². The van der Waals surface area contributed by atoms with E-state index < -0.39 is 34.1 Å². The highest BCUT2D eigenvalue weighted by Gasteiger charge is 2.20. The Labute approximate surface area is 282 Å². The maximum absolute atomic E-state index is 13.4. The van der Waals surface area contributed by atoms with Gasteiger partial charge in [-0.1, -0.05) is 24.3 Å². The molecule has 0 radical (unpaired) electrons. The molecule has 0 unspecified atom stereocenters. The van der Waals surface area contributed by atoms with Gasteiger partial charge in [0, 0.05) is 18.3 Å². The van der Waals surface area contributed by atoms with Gasteiger partial charge in [0.25, 0.3) is 28.1 Å². The van der Waals surface area contributed by atoms with E-state index in [4.69, 9.17) is 10.00 Å². The predicted molar refractivity (Wildman–Crippen MR) is 188 cm³/mol. The molecule has 0 aliphatic carbocycles. The molecule has 0 fully saturated rings. The third-order valence-corrected chi connectivity index (χ3v) is 8.47. The zero-order chi connectivity index (χ0) is 35.3. The topological polar surface area (TPSA) is 157 Å². The Morgan fingerprint density at radius 2 is 1.20 bits per heavy atom. The second-order valence-corrected chi connectivity index (χ2v) is 11.8. The molecule has 0 saturated heterocycles. The molecule has 2 aromatic heterocycles. The monoisotopic (exact) mass is 660 g/mol. The Morgan fingerprint density at radius 1 is 0.660 bits per heavy atom. The summed E-state index contributed by atoms with van der Waals surface area (Å²) < 4.78 is 7.36. The first-order chi connectivity index (χ1) is 24.0. The fraction of sp³-hybridized carbons (Fsp3) is 0.0513. The molecular weight excluding hydrogens is 636 g/mol. The van der Waals surface area contributed by atoms with Crippen LogP contribution in [0.5, 0.6) is 5.75 Å². The lowest BCUT2D eigenvalue weighted by atomic mass is 10.0. The van der Waals surface area contributed by atoms with Gasteiger partial charge >= 0.3 is 5.97 Å². The number of ether oxygens (including phenoxy) is 1. The largest absolute Gasteiger partial charge is 0.423 e. The fourth-order valence-electron chi connectivity index (χ4n) is 5.86. The number of hydrogen-bond donors (Lipinski definition) is 1. The van der Waals surface area contributed by atoms with Crippen LogP contribution < -0.4 is 32.3 Å². The van der Waals surface area contributed by atoms with Gasteiger partial charge in [0.05, 0.1) is 44.4 Å². The second kappa shape index (κ2) is 12.1. The van der Waals surface area contributed by atoms with Crippen molar-refractivity contribution >= 4 is 39.1 Å². The first-order valence-corrected chi connectivity index (χ1v) is 15.3. The normalized spacial score (nSPS) is 11.1. The zero-order valence-electron chi connectivity index (χ0n) is 26.5. The number of rotatable bonds is 6. The number of fused-ring (bicyclic) bond motifs is 2. The van der Waals surface area contributed by atoms with Crippen molar-refractivity contribution < 1.29 is 14.3 Å². The second-order valence-electron chi connectivity index (χ2n) is 11.8. The van der Waals surface area contributed by atoms with E-state index in [0.29, 0.717) is 22.6 Å². The molecule has 0 bridgehead atoms. The average molecular weight is 661 g/mol. The van der Waals surface area contributed by atoms with Crippen LogP contribution in [0.25, 0.3) is 38.4 Å². The zero-order valence-corrected chi connectivity index (χ0v) is 26.5. The number of esters is 1. The number of carbonyl (C=O) groups excluding carboxylic acids is 2. The number of anilines is 1. The lowest BCUT2D eigenvalue weighted by molar-refractivity contribution is 0.0734. The molecule has 50 heavy (non-hydrogen) atoms. The number of nitrogens with zero attached hydrogens (tertiary/aromatic N) is 3. The molecule has 5 aromatic carbocycles. The molecule has 11 nitrogen and oxygen atoms in total. The summed E-state index contributed by atoms with van der Waals surface area (Å²) in [4.78, 5) is 77.8. The molecule has 1 amide bonds. The third-order valence-electron chi connectivity index (χ3n) is 8.47. The average Bonchev–Trinajstić information content (AvgIpc) is 3.50. The Kier molecular flexibility index (Phi) is 7.61. The van der Waals surface area contributed by atoms with Gasteiger partial charge in [-0.2, -0.15) is 5.26 Å². The molecule has 7 aromatic rings. The quantitative estimate of drug-likeness (QED) is 0.198. The number of aryl methyl sites for hydroxylation is 1. The highest BCUT2D eigenvalue weighted by atomic mass is 16.5. The van der Waals surface area contributed by atoms with Crippen LogP contribution in [0.2, 0.25) is 0 Å². The van der Waals surface area contributed by atoms with Crippen molar-refractivity contribution in [2.45, 2.75) is 6.92 Å². The minimum atomic E-state index is -0.677. The van der Waals surface area contributed by atoms with Crippen LogP contribution in [-0.2, 0) is 7.05 Å². The molecule has 11 heteroatoms. The van der Waals surface area contributed by atoms with Crippen LogP contribution in [-0.4, -0.2) is 21.0 Å². The van der Waals surface area contributed by atoms with Gasteiger partial charge in [-0.3, -0.25) is 28.5 Å². The summed E-state index contributed by atoms with van der Waals surface area (Å²) in [6.45, 7) is 1.71. The van der Waals surface area contributed by atoms with Crippen molar-refractivity contribution in [3.8, 4) is 28.6 Å². The highest BCUT2D eigenvalue weighted by Crippen LogP contribution is 2.24. The van der Waals surface area contributed by atoms with E-state index >= 15 is 0 Å². The Morgan fingerprint density at radius 3 is 1.76 bits per heavy atom. The number of hydrogen-bond acceptors (Lipinski definition) is 8. The number of nitriles is 1. The van der Waals surface area contributed by atoms with Crippen LogP contribution in [0.4, 0.5) is 5.69 Å². The van der Waals surface area contributed by atoms with Crippen molar-refractivity contribution in [2.75, 3.05) is 5.32 Å². The summed E-state index contributed by atoms with van der Waals surface area (Å²) in [5, 5.41) is 11.8. The molecule has 2 heterocycles. The van der Waals surface area contributed by atoms with Crippen molar-refractivity contribution in [3.05, 3.63) is 167 Å². The Balaban J connectivity index is 1.08. The van der Waals surface area contributed by atoms with E-state index in [-0.39, 0.29) is 38.4 Å². The van der Waals surface area contributed by atoms with Gasteiger partial charge in [-0.25, -0.2) is 9.36 Å². The predicted octanol–water partition coefficient (Wildman–Crippen LogP) is 4.76. The summed E-state index contributed by atoms with van der Waals surface area (Å²) in [7, 11) is 1.33. The number of benzene rings is 5. The van der Waals surface area contributed by atoms with Crippen molar-refractivity contribution in [3.63, 3.8) is 0 Å². The van der Waals surface area contributed by atoms with Gasteiger partial charge in [-0.05, 0) is 102 Å². The number of carbonyl (C=O) groups is 2. The van der Waals surface area contributed by atoms with Crippen molar-refractivity contribution in [2.24, 2.45) is 7.05 Å². The molecule has 0 aliphatic rings. The maximum Gasteiger partial charge on any atom is 0.343 e. The molecule has 7 rings (SSSR count). The molecule has 0 aliphatic heterocycles. The first-order valence-electron chi connectivity index (χ1n) is 15.3. The first kappa shape index (κ1) is 31.4. The molecule has 1 N–H and O–H groups in total. The summed E-state index contributed by atoms with van der Waals surface area (Å²) in [5.41, 5.74) is 1.46. The van der Waals surface area contributed by atoms with Crippen LogP contribution in [0.1, 0.15) is 31.8 Å². The van der Waals surface area contributed by atoms with E-state index in [1.807, 2.05) is 24.3 Å². The maximum atomic E-state index is 13.4. The molecule has 0 atom stereocenters. The van der Waals surface area contributed by atoms with E-state index in [1.54, 1.807) is 55.5 Å². The van der Waals surface area contributed by atoms with E-state index in [2.05, 4.69) is 11.4 Å². The lowest BCUT2D eigenvalue weighted by Gasteiger charge is -2.10. The Hall–Kier alpha value is -7.19. The number of nitrogens with one attached hydrogen (secondary N) is 1. The fourth-order valence-corrected chi connectivity index (χ4v) is 5.86. The van der Waals surface area contributed by atoms with Gasteiger partial charge < -0.3 is 10.1 Å². The lowest BCUT2D eigenvalue weighted by Crippen LogP contribution is -2.24. The van der Waals surface area contributed by atoms with Crippen LogP contribution in [0, 0.1) is 18.3 Å².